The smallest absolute Gasteiger partial charge is 0.219 e. The van der Waals surface area contributed by atoms with Gasteiger partial charge in [0.15, 0.2) is 0 Å². The molecule has 3 heterocycles. The zero-order valence-electron chi connectivity index (χ0n) is 10.3. The molecule has 4 nitrogen and oxygen atoms in total. The molecule has 0 radical (unpaired) electrons. The van der Waals surface area contributed by atoms with Crippen LogP contribution in [0.4, 0.5) is 0 Å². The molecule has 1 aliphatic rings. The number of pyridine rings is 1. The average molecular weight is 241 g/mol. The monoisotopic (exact) mass is 241 g/mol. The number of carbonyl (C=O) groups is 1. The molecule has 2 aromatic rings. The molecule has 0 fully saturated rings. The van der Waals surface area contributed by atoms with E-state index < -0.39 is 0 Å². The van der Waals surface area contributed by atoms with E-state index in [4.69, 9.17) is 0 Å². The van der Waals surface area contributed by atoms with E-state index >= 15 is 0 Å². The van der Waals surface area contributed by atoms with Crippen LogP contribution in [0.2, 0.25) is 0 Å². The number of rotatable bonds is 1. The second kappa shape index (κ2) is 4.29. The third-order valence-corrected chi connectivity index (χ3v) is 3.48. The Kier molecular flexibility index (Phi) is 2.63. The number of hydrogen-bond acceptors (Lipinski definition) is 2. The van der Waals surface area contributed by atoms with Crippen molar-refractivity contribution in [2.45, 2.75) is 13.3 Å². The molecular weight excluding hydrogens is 226 g/mol. The van der Waals surface area contributed by atoms with Crippen molar-refractivity contribution in [2.75, 3.05) is 13.1 Å². The second-order valence-corrected chi connectivity index (χ2v) is 4.57. The maximum absolute atomic E-state index is 11.3. The minimum absolute atomic E-state index is 0.147. The van der Waals surface area contributed by atoms with Crippen LogP contribution in [0.1, 0.15) is 18.9 Å². The maximum Gasteiger partial charge on any atom is 0.219 e. The summed E-state index contributed by atoms with van der Waals surface area (Å²) in [4.78, 5) is 20.5. The highest BCUT2D eigenvalue weighted by Gasteiger charge is 2.16. The van der Waals surface area contributed by atoms with Crippen molar-refractivity contribution in [3.05, 3.63) is 36.3 Å². The van der Waals surface area contributed by atoms with Crippen LogP contribution in [-0.2, 0) is 4.79 Å². The van der Waals surface area contributed by atoms with Gasteiger partial charge >= 0.3 is 0 Å². The predicted molar refractivity (Wildman–Crippen MR) is 70.9 cm³/mol. The van der Waals surface area contributed by atoms with Crippen LogP contribution in [0.5, 0.6) is 0 Å². The summed E-state index contributed by atoms with van der Waals surface area (Å²) in [6.45, 7) is 3.14. The van der Waals surface area contributed by atoms with Gasteiger partial charge in [0.2, 0.25) is 5.91 Å². The molecule has 4 heteroatoms. The second-order valence-electron chi connectivity index (χ2n) is 4.57. The number of amides is 1. The van der Waals surface area contributed by atoms with Crippen molar-refractivity contribution in [3.63, 3.8) is 0 Å². The minimum Gasteiger partial charge on any atom is -0.359 e. The minimum atomic E-state index is 0.147. The van der Waals surface area contributed by atoms with Gasteiger partial charge in [0.25, 0.3) is 0 Å². The van der Waals surface area contributed by atoms with E-state index in [1.54, 1.807) is 6.92 Å². The molecule has 18 heavy (non-hydrogen) atoms. The van der Waals surface area contributed by atoms with E-state index in [0.29, 0.717) is 6.54 Å². The lowest BCUT2D eigenvalue weighted by molar-refractivity contribution is -0.128. The first-order valence-electron chi connectivity index (χ1n) is 6.12. The first-order valence-corrected chi connectivity index (χ1v) is 6.12. The molecule has 0 spiro atoms. The molecule has 1 aliphatic heterocycles. The summed E-state index contributed by atoms with van der Waals surface area (Å²) in [5, 5.41) is 1.20. The molecule has 0 unspecified atom stereocenters. The highest BCUT2D eigenvalue weighted by molar-refractivity contribution is 5.92. The van der Waals surface area contributed by atoms with E-state index in [2.05, 4.69) is 16.0 Å². The van der Waals surface area contributed by atoms with Crippen LogP contribution >= 0.6 is 0 Å². The lowest BCUT2D eigenvalue weighted by Gasteiger charge is -2.25. The third kappa shape index (κ3) is 1.79. The number of H-pyrrole nitrogens is 1. The molecule has 0 saturated heterocycles. The summed E-state index contributed by atoms with van der Waals surface area (Å²) in [5.41, 5.74) is 3.60. The van der Waals surface area contributed by atoms with Crippen LogP contribution in [0, 0.1) is 0 Å². The van der Waals surface area contributed by atoms with Crippen molar-refractivity contribution in [2.24, 2.45) is 0 Å². The molecular formula is C14H15N3O. The number of nitrogens with one attached hydrogen (secondary N) is 1. The molecule has 0 atom stereocenters. The van der Waals surface area contributed by atoms with E-state index in [-0.39, 0.29) is 5.91 Å². The van der Waals surface area contributed by atoms with Gasteiger partial charge in [-0.15, -0.1) is 0 Å². The Morgan fingerprint density at radius 1 is 1.50 bits per heavy atom. The van der Waals surface area contributed by atoms with E-state index in [1.807, 2.05) is 29.6 Å². The van der Waals surface area contributed by atoms with Gasteiger partial charge < -0.3 is 9.88 Å². The zero-order chi connectivity index (χ0) is 12.5. The zero-order valence-corrected chi connectivity index (χ0v) is 10.3. The molecule has 0 aliphatic carbocycles. The Labute approximate surface area is 105 Å². The fourth-order valence-corrected chi connectivity index (χ4v) is 2.44. The summed E-state index contributed by atoms with van der Waals surface area (Å²) in [5.74, 6) is 0.147. The molecule has 0 bridgehead atoms. The van der Waals surface area contributed by atoms with Gasteiger partial charge in [0.05, 0.1) is 11.7 Å². The lowest BCUT2D eigenvalue weighted by Crippen LogP contribution is -2.32. The summed E-state index contributed by atoms with van der Waals surface area (Å²) in [6, 6.07) is 2.03. The van der Waals surface area contributed by atoms with Gasteiger partial charge in [0, 0.05) is 43.4 Å². The third-order valence-electron chi connectivity index (χ3n) is 3.48. The number of nitrogens with zero attached hydrogens (tertiary/aromatic N) is 2. The largest absolute Gasteiger partial charge is 0.359 e. The van der Waals surface area contributed by atoms with Crippen molar-refractivity contribution in [3.8, 4) is 0 Å². The summed E-state index contributed by atoms with van der Waals surface area (Å²) in [7, 11) is 0. The van der Waals surface area contributed by atoms with Crippen LogP contribution in [0.15, 0.2) is 30.7 Å². The number of hydrogen-bond donors (Lipinski definition) is 1. The van der Waals surface area contributed by atoms with Gasteiger partial charge in [0.1, 0.15) is 0 Å². The van der Waals surface area contributed by atoms with Gasteiger partial charge in [-0.05, 0) is 18.1 Å². The van der Waals surface area contributed by atoms with Gasteiger partial charge in [-0.1, -0.05) is 6.08 Å². The van der Waals surface area contributed by atoms with Crippen molar-refractivity contribution >= 4 is 22.4 Å². The average Bonchev–Trinajstić information content (AvgIpc) is 2.82. The molecule has 3 rings (SSSR count). The van der Waals surface area contributed by atoms with Crippen LogP contribution in [-0.4, -0.2) is 33.9 Å². The Balaban J connectivity index is 1.94. The topological polar surface area (TPSA) is 49.0 Å². The first kappa shape index (κ1) is 11.0. The van der Waals surface area contributed by atoms with Gasteiger partial charge in [-0.25, -0.2) is 0 Å². The number of aromatic nitrogens is 2. The highest BCUT2D eigenvalue weighted by atomic mass is 16.2. The number of aromatic amines is 1. The first-order chi connectivity index (χ1) is 8.75. The van der Waals surface area contributed by atoms with E-state index in [0.717, 1.165) is 18.5 Å². The molecule has 1 amide bonds. The highest BCUT2D eigenvalue weighted by Crippen LogP contribution is 2.28. The van der Waals surface area contributed by atoms with E-state index in [9.17, 15) is 4.79 Å². The van der Waals surface area contributed by atoms with Crippen molar-refractivity contribution in [1.82, 2.24) is 14.9 Å². The fourth-order valence-electron chi connectivity index (χ4n) is 2.44. The SMILES string of the molecule is CC(=O)N1CC=C(c2c[nH]c3cnccc23)CC1. The quantitative estimate of drug-likeness (QED) is 0.832. The number of fused-ring (bicyclic) bond motifs is 1. The van der Waals surface area contributed by atoms with Crippen molar-refractivity contribution in [1.29, 1.82) is 0 Å². The van der Waals surface area contributed by atoms with Crippen LogP contribution < -0.4 is 0 Å². The normalized spacial score (nSPS) is 15.8. The summed E-state index contributed by atoms with van der Waals surface area (Å²) in [6.07, 6.45) is 8.74. The molecule has 0 aromatic carbocycles. The Morgan fingerprint density at radius 2 is 2.39 bits per heavy atom. The lowest BCUT2D eigenvalue weighted by atomic mass is 9.99. The predicted octanol–water partition coefficient (Wildman–Crippen LogP) is 2.20. The fraction of sp³-hybridized carbons (Fsp3) is 0.286. The molecule has 2 aromatic heterocycles. The Morgan fingerprint density at radius 3 is 3.11 bits per heavy atom. The molecule has 0 saturated carbocycles. The van der Waals surface area contributed by atoms with Crippen LogP contribution in [0.3, 0.4) is 0 Å². The standard InChI is InChI=1S/C14H15N3O/c1-10(18)17-6-3-11(4-7-17)13-8-16-14-9-15-5-2-12(13)14/h2-3,5,8-9,16H,4,6-7H2,1H3. The summed E-state index contributed by atoms with van der Waals surface area (Å²) < 4.78 is 0. The molecule has 1 N–H and O–H groups in total. The van der Waals surface area contributed by atoms with Crippen molar-refractivity contribution < 1.29 is 4.79 Å². The van der Waals surface area contributed by atoms with E-state index in [1.165, 1.54) is 16.5 Å². The van der Waals surface area contributed by atoms with Crippen LogP contribution in [0.25, 0.3) is 16.5 Å². The number of carbonyl (C=O) groups excluding carboxylic acids is 1. The summed E-state index contributed by atoms with van der Waals surface area (Å²) >= 11 is 0. The molecule has 92 valence electrons. The van der Waals surface area contributed by atoms with Gasteiger partial charge in [-0.2, -0.15) is 0 Å². The Hall–Kier alpha value is -2.10. The van der Waals surface area contributed by atoms with Gasteiger partial charge in [-0.3, -0.25) is 9.78 Å². The maximum atomic E-state index is 11.3. The Bertz CT molecular complexity index is 627.